The largest absolute Gasteiger partial charge is 0.312 e. The maximum absolute atomic E-state index is 11.5. The monoisotopic (exact) mass is 301 g/mol. The number of benzene rings is 1. The number of rotatable bonds is 1. The maximum atomic E-state index is 11.5. The third-order valence-electron chi connectivity index (χ3n) is 2.89. The van der Waals surface area contributed by atoms with Crippen molar-refractivity contribution < 1.29 is 4.79 Å². The normalized spacial score (nSPS) is 14.8. The molecule has 0 saturated heterocycles. The molecule has 0 bridgehead atoms. The summed E-state index contributed by atoms with van der Waals surface area (Å²) >= 11 is 9.37. The summed E-state index contributed by atoms with van der Waals surface area (Å²) in [6.45, 7) is 2.42. The van der Waals surface area contributed by atoms with Crippen molar-refractivity contribution in [2.45, 2.75) is 25.6 Å². The highest BCUT2D eigenvalue weighted by Gasteiger charge is 2.21. The first kappa shape index (κ1) is 11.9. The summed E-state index contributed by atoms with van der Waals surface area (Å²) in [5.74, 6) is 0.559. The molecular weight excluding hydrogens is 289 g/mol. The summed E-state index contributed by atoms with van der Waals surface area (Å²) in [5.41, 5.74) is 3.29. The Morgan fingerprint density at radius 1 is 1.56 bits per heavy atom. The topological polar surface area (TPSA) is 20.3 Å². The van der Waals surface area contributed by atoms with E-state index in [1.165, 1.54) is 5.56 Å². The van der Waals surface area contributed by atoms with Gasteiger partial charge in [-0.2, -0.15) is 0 Å². The predicted octanol–water partition coefficient (Wildman–Crippen LogP) is 3.49. The second kappa shape index (κ2) is 4.76. The van der Waals surface area contributed by atoms with Crippen LogP contribution >= 0.6 is 27.5 Å². The van der Waals surface area contributed by atoms with Crippen LogP contribution in [-0.2, 0) is 17.1 Å². The van der Waals surface area contributed by atoms with E-state index in [1.54, 1.807) is 6.92 Å². The van der Waals surface area contributed by atoms with Crippen molar-refractivity contribution >= 4 is 39.1 Å². The highest BCUT2D eigenvalue weighted by Crippen LogP contribution is 2.33. The van der Waals surface area contributed by atoms with E-state index >= 15 is 0 Å². The van der Waals surface area contributed by atoms with Gasteiger partial charge in [0.05, 0.1) is 0 Å². The minimum absolute atomic E-state index is 0.101. The molecule has 1 aromatic carbocycles. The lowest BCUT2D eigenvalue weighted by molar-refractivity contribution is -0.116. The van der Waals surface area contributed by atoms with Gasteiger partial charge in [-0.15, -0.1) is 11.6 Å². The first-order valence-corrected chi connectivity index (χ1v) is 6.61. The van der Waals surface area contributed by atoms with Crippen molar-refractivity contribution in [3.05, 3.63) is 27.7 Å². The molecule has 2 rings (SSSR count). The zero-order chi connectivity index (χ0) is 11.7. The SMILES string of the molecule is CC(=O)N1CCCc2cc(Br)c(CCl)cc21. The Bertz CT molecular complexity index is 433. The fourth-order valence-electron chi connectivity index (χ4n) is 2.08. The number of fused-ring (bicyclic) bond motifs is 1. The number of hydrogen-bond acceptors (Lipinski definition) is 1. The lowest BCUT2D eigenvalue weighted by Crippen LogP contribution is -2.33. The molecule has 1 amide bonds. The second-order valence-electron chi connectivity index (χ2n) is 3.98. The standard InChI is InChI=1S/C12H13BrClNO/c1-8(16)15-4-2-3-9-5-11(13)10(7-14)6-12(9)15/h5-6H,2-4,7H2,1H3. The van der Waals surface area contributed by atoms with E-state index in [0.29, 0.717) is 5.88 Å². The molecule has 1 aliphatic heterocycles. The summed E-state index contributed by atoms with van der Waals surface area (Å²) < 4.78 is 1.03. The molecular formula is C12H13BrClNO. The van der Waals surface area contributed by atoms with Gasteiger partial charge < -0.3 is 4.90 Å². The van der Waals surface area contributed by atoms with Crippen LogP contribution in [0, 0.1) is 0 Å². The van der Waals surface area contributed by atoms with Crippen LogP contribution in [-0.4, -0.2) is 12.5 Å². The molecule has 0 aliphatic carbocycles. The predicted molar refractivity (Wildman–Crippen MR) is 70.0 cm³/mol. The first-order valence-electron chi connectivity index (χ1n) is 5.29. The number of halogens is 2. The Kier molecular flexibility index (Phi) is 3.55. The Balaban J connectivity index is 2.50. The lowest BCUT2D eigenvalue weighted by atomic mass is 10.00. The quantitative estimate of drug-likeness (QED) is 0.727. The summed E-state index contributed by atoms with van der Waals surface area (Å²) in [7, 11) is 0. The zero-order valence-electron chi connectivity index (χ0n) is 9.09. The van der Waals surface area contributed by atoms with E-state index in [0.717, 1.165) is 35.1 Å². The molecule has 0 aromatic heterocycles. The van der Waals surface area contributed by atoms with Crippen molar-refractivity contribution in [3.8, 4) is 0 Å². The van der Waals surface area contributed by atoms with Crippen molar-refractivity contribution in [2.75, 3.05) is 11.4 Å². The number of amides is 1. The number of nitrogens with zero attached hydrogens (tertiary/aromatic N) is 1. The number of alkyl halides is 1. The molecule has 1 aromatic rings. The van der Waals surface area contributed by atoms with Crippen molar-refractivity contribution in [3.63, 3.8) is 0 Å². The second-order valence-corrected chi connectivity index (χ2v) is 5.10. The average Bonchev–Trinajstić information content (AvgIpc) is 2.26. The fourth-order valence-corrected chi connectivity index (χ4v) is 2.99. The molecule has 4 heteroatoms. The van der Waals surface area contributed by atoms with Crippen LogP contribution in [0.1, 0.15) is 24.5 Å². The minimum atomic E-state index is 0.101. The van der Waals surface area contributed by atoms with Crippen LogP contribution in [0.25, 0.3) is 0 Å². The zero-order valence-corrected chi connectivity index (χ0v) is 11.4. The Morgan fingerprint density at radius 3 is 2.94 bits per heavy atom. The molecule has 0 fully saturated rings. The molecule has 0 unspecified atom stereocenters. The third-order valence-corrected chi connectivity index (χ3v) is 3.92. The first-order chi connectivity index (χ1) is 7.63. The van der Waals surface area contributed by atoms with E-state index in [-0.39, 0.29) is 5.91 Å². The van der Waals surface area contributed by atoms with E-state index in [9.17, 15) is 4.79 Å². The summed E-state index contributed by atoms with van der Waals surface area (Å²) in [6, 6.07) is 4.11. The summed E-state index contributed by atoms with van der Waals surface area (Å²) in [6.07, 6.45) is 2.06. The van der Waals surface area contributed by atoms with E-state index < -0.39 is 0 Å². The Hall–Kier alpha value is -0.540. The Morgan fingerprint density at radius 2 is 2.31 bits per heavy atom. The third kappa shape index (κ3) is 2.11. The van der Waals surface area contributed by atoms with Crippen molar-refractivity contribution in [1.29, 1.82) is 0 Å². The van der Waals surface area contributed by atoms with E-state index in [2.05, 4.69) is 22.0 Å². The van der Waals surface area contributed by atoms with Gasteiger partial charge >= 0.3 is 0 Å². The van der Waals surface area contributed by atoms with Crippen LogP contribution in [0.2, 0.25) is 0 Å². The molecule has 0 N–H and O–H groups in total. The molecule has 2 nitrogen and oxygen atoms in total. The highest BCUT2D eigenvalue weighted by atomic mass is 79.9. The van der Waals surface area contributed by atoms with Crippen molar-refractivity contribution in [1.82, 2.24) is 0 Å². The van der Waals surface area contributed by atoms with Gasteiger partial charge in [0.25, 0.3) is 0 Å². The van der Waals surface area contributed by atoms with Gasteiger partial charge in [-0.25, -0.2) is 0 Å². The maximum Gasteiger partial charge on any atom is 0.223 e. The molecule has 0 saturated carbocycles. The summed E-state index contributed by atoms with van der Waals surface area (Å²) in [4.78, 5) is 13.4. The molecule has 86 valence electrons. The molecule has 0 atom stereocenters. The van der Waals surface area contributed by atoms with Gasteiger partial charge in [-0.3, -0.25) is 4.79 Å². The highest BCUT2D eigenvalue weighted by molar-refractivity contribution is 9.10. The molecule has 1 aliphatic rings. The van der Waals surface area contributed by atoms with Gasteiger partial charge in [-0.1, -0.05) is 15.9 Å². The smallest absolute Gasteiger partial charge is 0.223 e. The minimum Gasteiger partial charge on any atom is -0.312 e. The van der Waals surface area contributed by atoms with Gasteiger partial charge in [0.1, 0.15) is 0 Å². The lowest BCUT2D eigenvalue weighted by Gasteiger charge is -2.29. The Labute approximate surface area is 109 Å². The van der Waals surface area contributed by atoms with Crippen molar-refractivity contribution in [2.24, 2.45) is 0 Å². The van der Waals surface area contributed by atoms with Gasteiger partial charge in [0.15, 0.2) is 0 Å². The molecule has 16 heavy (non-hydrogen) atoms. The molecule has 0 radical (unpaired) electrons. The average molecular weight is 303 g/mol. The van der Waals surface area contributed by atoms with E-state index in [4.69, 9.17) is 11.6 Å². The van der Waals surface area contributed by atoms with Gasteiger partial charge in [0.2, 0.25) is 5.91 Å². The van der Waals surface area contributed by atoms with Crippen LogP contribution in [0.4, 0.5) is 5.69 Å². The number of carbonyl (C=O) groups is 1. The van der Waals surface area contributed by atoms with Crippen LogP contribution in [0.3, 0.4) is 0 Å². The number of carbonyl (C=O) groups excluding carboxylic acids is 1. The number of aryl methyl sites for hydroxylation is 1. The molecule has 1 heterocycles. The fraction of sp³-hybridized carbons (Fsp3) is 0.417. The van der Waals surface area contributed by atoms with Crippen LogP contribution < -0.4 is 4.90 Å². The van der Waals surface area contributed by atoms with Gasteiger partial charge in [-0.05, 0) is 36.1 Å². The van der Waals surface area contributed by atoms with E-state index in [1.807, 2.05) is 11.0 Å². The summed E-state index contributed by atoms with van der Waals surface area (Å²) in [5, 5.41) is 0. The van der Waals surface area contributed by atoms with Crippen LogP contribution in [0.15, 0.2) is 16.6 Å². The van der Waals surface area contributed by atoms with Gasteiger partial charge in [0, 0.05) is 29.5 Å². The number of anilines is 1. The number of hydrogen-bond donors (Lipinski definition) is 0. The van der Waals surface area contributed by atoms with Crippen LogP contribution in [0.5, 0.6) is 0 Å². The molecule has 0 spiro atoms.